The van der Waals surface area contributed by atoms with Crippen LogP contribution in [-0.4, -0.2) is 54.3 Å². The van der Waals surface area contributed by atoms with Gasteiger partial charge in [-0.25, -0.2) is 4.98 Å². The summed E-state index contributed by atoms with van der Waals surface area (Å²) >= 11 is 0. The van der Waals surface area contributed by atoms with Gasteiger partial charge in [0.05, 0.1) is 5.69 Å². The number of rotatable bonds is 9. The van der Waals surface area contributed by atoms with E-state index in [1.165, 1.54) is 30.3 Å². The van der Waals surface area contributed by atoms with E-state index >= 15 is 0 Å². The zero-order valence-electron chi connectivity index (χ0n) is 18.7. The predicted octanol–water partition coefficient (Wildman–Crippen LogP) is 4.24. The number of anilines is 3. The highest BCUT2D eigenvalue weighted by Gasteiger charge is 2.31. The first-order valence-corrected chi connectivity index (χ1v) is 10.4. The van der Waals surface area contributed by atoms with Crippen molar-refractivity contribution in [1.82, 2.24) is 14.9 Å². The largest absolute Gasteiger partial charge is 0.573 e. The molecule has 0 spiro atoms. The number of carbonyl (C=O) groups is 1. The van der Waals surface area contributed by atoms with Crippen molar-refractivity contribution in [2.45, 2.75) is 12.8 Å². The van der Waals surface area contributed by atoms with Gasteiger partial charge in [-0.3, -0.25) is 4.79 Å². The highest BCUT2D eigenvalue weighted by Crippen LogP contribution is 2.28. The van der Waals surface area contributed by atoms with Gasteiger partial charge in [0.15, 0.2) is 0 Å². The van der Waals surface area contributed by atoms with Crippen LogP contribution in [0.1, 0.15) is 16.8 Å². The maximum Gasteiger partial charge on any atom is 0.573 e. The second-order valence-electron chi connectivity index (χ2n) is 7.70. The van der Waals surface area contributed by atoms with Gasteiger partial charge in [0.2, 0.25) is 5.95 Å². The lowest BCUT2D eigenvalue weighted by molar-refractivity contribution is -0.274. The van der Waals surface area contributed by atoms with E-state index in [0.29, 0.717) is 29.1 Å². The number of ether oxygens (including phenoxy) is 1. The van der Waals surface area contributed by atoms with E-state index in [2.05, 4.69) is 25.3 Å². The van der Waals surface area contributed by atoms with Gasteiger partial charge in [0.25, 0.3) is 5.91 Å². The number of nitrogens with two attached hydrogens (primary N) is 1. The van der Waals surface area contributed by atoms with Crippen molar-refractivity contribution >= 4 is 23.4 Å². The number of hydrogen-bond donors (Lipinski definition) is 3. The van der Waals surface area contributed by atoms with Crippen molar-refractivity contribution in [3.05, 3.63) is 60.2 Å². The summed E-state index contributed by atoms with van der Waals surface area (Å²) in [5, 5.41) is 5.79. The second kappa shape index (κ2) is 10.8. The van der Waals surface area contributed by atoms with Crippen molar-refractivity contribution < 1.29 is 22.7 Å². The molecule has 3 aromatic rings. The Morgan fingerprint density at radius 1 is 1.09 bits per heavy atom. The van der Waals surface area contributed by atoms with Crippen LogP contribution in [0.25, 0.3) is 11.3 Å². The van der Waals surface area contributed by atoms with Crippen molar-refractivity contribution in [2.75, 3.05) is 43.6 Å². The number of aromatic nitrogens is 2. The molecular formula is C23H25F3N6O2. The monoisotopic (exact) mass is 474 g/mol. The molecule has 0 aliphatic rings. The van der Waals surface area contributed by atoms with Gasteiger partial charge < -0.3 is 26.0 Å². The molecule has 0 aliphatic heterocycles. The number of alkyl halides is 3. The second-order valence-corrected chi connectivity index (χ2v) is 7.70. The molecule has 8 nitrogen and oxygen atoms in total. The molecule has 1 aromatic heterocycles. The Bertz CT molecular complexity index is 1140. The van der Waals surface area contributed by atoms with E-state index in [1.54, 1.807) is 24.3 Å². The van der Waals surface area contributed by atoms with Gasteiger partial charge in [-0.1, -0.05) is 18.2 Å². The van der Waals surface area contributed by atoms with E-state index in [4.69, 9.17) is 5.73 Å². The Hall–Kier alpha value is -3.86. The van der Waals surface area contributed by atoms with Crippen LogP contribution in [0.15, 0.2) is 54.6 Å². The maximum atomic E-state index is 12.7. The van der Waals surface area contributed by atoms with Gasteiger partial charge in [0.1, 0.15) is 11.6 Å². The Labute approximate surface area is 195 Å². The molecule has 1 heterocycles. The summed E-state index contributed by atoms with van der Waals surface area (Å²) in [5.41, 5.74) is 7.18. The van der Waals surface area contributed by atoms with Gasteiger partial charge in [-0.2, -0.15) is 4.98 Å². The smallest absolute Gasteiger partial charge is 0.406 e. The molecule has 0 saturated carbocycles. The number of benzene rings is 2. The summed E-state index contributed by atoms with van der Waals surface area (Å²) in [6.07, 6.45) is -4.01. The normalized spacial score (nSPS) is 11.4. The lowest BCUT2D eigenvalue weighted by Crippen LogP contribution is -2.18. The number of nitrogen functional groups attached to an aromatic ring is 1. The first-order chi connectivity index (χ1) is 16.1. The van der Waals surface area contributed by atoms with Crippen LogP contribution in [0.5, 0.6) is 5.75 Å². The minimum atomic E-state index is -4.82. The summed E-state index contributed by atoms with van der Waals surface area (Å²) in [4.78, 5) is 23.4. The van der Waals surface area contributed by atoms with E-state index in [0.717, 1.165) is 13.0 Å². The average molecular weight is 474 g/mol. The topological polar surface area (TPSA) is 105 Å². The molecule has 0 unspecified atom stereocenters. The number of carbonyl (C=O) groups excluding carboxylic acids is 1. The fourth-order valence-electron chi connectivity index (χ4n) is 3.05. The molecule has 2 aromatic carbocycles. The number of nitrogens with one attached hydrogen (secondary N) is 2. The van der Waals surface area contributed by atoms with Crippen LogP contribution in [0.4, 0.5) is 30.6 Å². The fraction of sp³-hybridized carbons (Fsp3) is 0.261. The van der Waals surface area contributed by atoms with Gasteiger partial charge >= 0.3 is 6.36 Å². The molecule has 1 amide bonds. The zero-order chi connectivity index (χ0) is 24.7. The first-order valence-electron chi connectivity index (χ1n) is 10.4. The molecule has 180 valence electrons. The lowest BCUT2D eigenvalue weighted by atomic mass is 10.1. The molecule has 0 saturated heterocycles. The third kappa shape index (κ3) is 7.62. The Morgan fingerprint density at radius 2 is 1.85 bits per heavy atom. The van der Waals surface area contributed by atoms with Crippen molar-refractivity contribution in [3.63, 3.8) is 0 Å². The third-order valence-corrected chi connectivity index (χ3v) is 4.55. The third-order valence-electron chi connectivity index (χ3n) is 4.55. The first kappa shape index (κ1) is 24.8. The number of nitrogens with zero attached hydrogens (tertiary/aromatic N) is 3. The lowest BCUT2D eigenvalue weighted by Gasteiger charge is -2.13. The summed E-state index contributed by atoms with van der Waals surface area (Å²) in [7, 11) is 3.91. The van der Waals surface area contributed by atoms with Crippen molar-refractivity contribution in [3.8, 4) is 17.0 Å². The molecule has 4 N–H and O–H groups in total. The molecule has 0 fully saturated rings. The van der Waals surface area contributed by atoms with Crippen LogP contribution >= 0.6 is 0 Å². The summed E-state index contributed by atoms with van der Waals surface area (Å²) < 4.78 is 42.0. The van der Waals surface area contributed by atoms with Crippen molar-refractivity contribution in [2.24, 2.45) is 0 Å². The fourth-order valence-corrected chi connectivity index (χ4v) is 3.05. The molecule has 0 bridgehead atoms. The van der Waals surface area contributed by atoms with E-state index in [9.17, 15) is 18.0 Å². The molecule has 0 aliphatic carbocycles. The molecule has 0 radical (unpaired) electrons. The molecule has 3 rings (SSSR count). The molecule has 11 heteroatoms. The summed E-state index contributed by atoms with van der Waals surface area (Å²) in [6, 6.07) is 13.3. The van der Waals surface area contributed by atoms with Gasteiger partial charge in [0, 0.05) is 29.4 Å². The highest BCUT2D eigenvalue weighted by atomic mass is 19.4. The Balaban J connectivity index is 1.89. The SMILES string of the molecule is CN(C)CCCNc1nc(NC(=O)c2cccc(N)c2)cc(-c2cccc(OC(F)(F)F)c2)n1. The van der Waals surface area contributed by atoms with Crippen LogP contribution in [0.3, 0.4) is 0 Å². The quantitative estimate of drug-likeness (QED) is 0.315. The Kier molecular flexibility index (Phi) is 7.90. The minimum absolute atomic E-state index is 0.176. The van der Waals surface area contributed by atoms with E-state index < -0.39 is 12.3 Å². The van der Waals surface area contributed by atoms with Crippen LogP contribution < -0.4 is 21.1 Å². The standard InChI is InChI=1S/C23H25F3N6O2/c1-32(2)11-5-10-28-22-29-19(15-6-4-9-18(13-15)34-23(24,25)26)14-20(31-22)30-21(33)16-7-3-8-17(27)12-16/h3-4,6-9,12-14H,5,10-11,27H2,1-2H3,(H2,28,29,30,31,33). The van der Waals surface area contributed by atoms with E-state index in [1.807, 2.05) is 19.0 Å². The zero-order valence-corrected chi connectivity index (χ0v) is 18.7. The van der Waals surface area contributed by atoms with Crippen molar-refractivity contribution in [1.29, 1.82) is 0 Å². The minimum Gasteiger partial charge on any atom is -0.406 e. The van der Waals surface area contributed by atoms with Gasteiger partial charge in [-0.05, 0) is 57.4 Å². The van der Waals surface area contributed by atoms with E-state index in [-0.39, 0.29) is 17.5 Å². The summed E-state index contributed by atoms with van der Waals surface area (Å²) in [6.45, 7) is 1.39. The van der Waals surface area contributed by atoms with Crippen LogP contribution in [-0.2, 0) is 0 Å². The van der Waals surface area contributed by atoms with Crippen LogP contribution in [0, 0.1) is 0 Å². The van der Waals surface area contributed by atoms with Gasteiger partial charge in [-0.15, -0.1) is 13.2 Å². The van der Waals surface area contributed by atoms with Crippen LogP contribution in [0.2, 0.25) is 0 Å². The number of hydrogen-bond acceptors (Lipinski definition) is 7. The average Bonchev–Trinajstić information content (AvgIpc) is 2.75. The molecule has 34 heavy (non-hydrogen) atoms. The maximum absolute atomic E-state index is 12.7. The molecular weight excluding hydrogens is 449 g/mol. The summed E-state index contributed by atoms with van der Waals surface area (Å²) in [5.74, 6) is -0.421. The number of amides is 1. The Morgan fingerprint density at radius 3 is 2.56 bits per heavy atom. The highest BCUT2D eigenvalue weighted by molar-refractivity contribution is 6.04. The number of halogens is 3. The molecule has 0 atom stereocenters. The predicted molar refractivity (Wildman–Crippen MR) is 125 cm³/mol.